The highest BCUT2D eigenvalue weighted by molar-refractivity contribution is 6.02. The van der Waals surface area contributed by atoms with E-state index in [4.69, 9.17) is 0 Å². The first-order valence-electron chi connectivity index (χ1n) is 22.2. The lowest BCUT2D eigenvalue weighted by atomic mass is 9.67. The summed E-state index contributed by atoms with van der Waals surface area (Å²) in [6.07, 6.45) is 0. The largest absolute Gasteiger partial charge is 0.310 e. The Morgan fingerprint density at radius 1 is 0.266 bits per heavy atom. The summed E-state index contributed by atoms with van der Waals surface area (Å²) in [4.78, 5) is 2.54. The Labute approximate surface area is 374 Å². The number of fused-ring (bicyclic) bond motifs is 5. The summed E-state index contributed by atoms with van der Waals surface area (Å²) in [5.74, 6) is 0. The second kappa shape index (κ2) is 15.6. The summed E-state index contributed by atoms with van der Waals surface area (Å²) in [5.41, 5.74) is 17.3. The molecule has 1 aliphatic carbocycles. The summed E-state index contributed by atoms with van der Waals surface area (Å²) in [7, 11) is 0. The predicted octanol–water partition coefficient (Wildman–Crippen LogP) is 16.8. The zero-order valence-electron chi connectivity index (χ0n) is 35.3. The van der Waals surface area contributed by atoms with E-state index in [-0.39, 0.29) is 0 Å². The summed E-state index contributed by atoms with van der Waals surface area (Å²) in [6.45, 7) is 0. The smallest absolute Gasteiger partial charge is 0.0733 e. The van der Waals surface area contributed by atoms with E-state index in [0.29, 0.717) is 0 Å². The molecule has 0 saturated carbocycles. The lowest BCUT2D eigenvalue weighted by Gasteiger charge is -2.39. The van der Waals surface area contributed by atoms with Gasteiger partial charge in [-0.05, 0) is 119 Å². The van der Waals surface area contributed by atoms with Gasteiger partial charge in [0.1, 0.15) is 0 Å². The molecule has 0 unspecified atom stereocenters. The van der Waals surface area contributed by atoms with Crippen LogP contribution in [0.15, 0.2) is 261 Å². The lowest BCUT2D eigenvalue weighted by Crippen LogP contribution is -2.30. The number of anilines is 3. The third-order valence-electron chi connectivity index (χ3n) is 13.3. The minimum atomic E-state index is -0.619. The second-order valence-electron chi connectivity index (χ2n) is 16.8. The summed E-state index contributed by atoms with van der Waals surface area (Å²) >= 11 is 0. The van der Waals surface area contributed by atoms with Gasteiger partial charge >= 0.3 is 0 Å². The Morgan fingerprint density at radius 2 is 0.719 bits per heavy atom. The van der Waals surface area contributed by atoms with Crippen molar-refractivity contribution in [3.8, 4) is 44.5 Å². The van der Waals surface area contributed by atoms with Gasteiger partial charge in [0.2, 0.25) is 0 Å². The number of benzene rings is 11. The molecule has 0 radical (unpaired) electrons. The second-order valence-corrected chi connectivity index (χ2v) is 16.8. The van der Waals surface area contributed by atoms with E-state index in [0.717, 1.165) is 22.6 Å². The van der Waals surface area contributed by atoms with Crippen LogP contribution in [0.25, 0.3) is 66.1 Å². The molecule has 0 aromatic heterocycles. The summed E-state index contributed by atoms with van der Waals surface area (Å²) in [5, 5.41) is 4.88. The van der Waals surface area contributed by atoms with Gasteiger partial charge < -0.3 is 4.90 Å². The van der Waals surface area contributed by atoms with Gasteiger partial charge in [-0.1, -0.05) is 224 Å². The van der Waals surface area contributed by atoms with E-state index in [2.05, 4.69) is 266 Å². The van der Waals surface area contributed by atoms with Gasteiger partial charge in [0.25, 0.3) is 0 Å². The van der Waals surface area contributed by atoms with Crippen molar-refractivity contribution in [2.45, 2.75) is 5.41 Å². The van der Waals surface area contributed by atoms with Crippen LogP contribution in [0.5, 0.6) is 0 Å². The fraction of sp³-hybridized carbons (Fsp3) is 0.0159. The molecule has 0 bridgehead atoms. The molecule has 1 nitrogen and oxygen atoms in total. The number of para-hydroxylation sites is 1. The van der Waals surface area contributed by atoms with Crippen LogP contribution >= 0.6 is 0 Å². The van der Waals surface area contributed by atoms with Crippen LogP contribution in [0.2, 0.25) is 0 Å². The molecular weight excluding hydrogens is 771 g/mol. The van der Waals surface area contributed by atoms with Crippen LogP contribution in [-0.2, 0) is 5.41 Å². The van der Waals surface area contributed by atoms with E-state index in [1.165, 1.54) is 82.7 Å². The SMILES string of the molecule is c1ccc(-c2ccc(N(c3ccccc3C3(c4ccccc4)c4ccccc4-c4ccccc43)c3cccc(-c4ccc5ccccc5c4)c3-c3ccc4ccccc4c3)cc2)cc1. The van der Waals surface area contributed by atoms with Crippen molar-refractivity contribution in [3.05, 3.63) is 283 Å². The molecule has 64 heavy (non-hydrogen) atoms. The normalized spacial score (nSPS) is 12.5. The molecular formula is C63H43N. The molecule has 11 aromatic rings. The maximum absolute atomic E-state index is 2.54. The molecule has 1 heteroatoms. The van der Waals surface area contributed by atoms with Crippen molar-refractivity contribution in [2.75, 3.05) is 4.90 Å². The predicted molar refractivity (Wildman–Crippen MR) is 270 cm³/mol. The van der Waals surface area contributed by atoms with Gasteiger partial charge in [-0.25, -0.2) is 0 Å². The topological polar surface area (TPSA) is 3.24 Å². The van der Waals surface area contributed by atoms with E-state index in [9.17, 15) is 0 Å². The lowest BCUT2D eigenvalue weighted by molar-refractivity contribution is 0.768. The fourth-order valence-corrected chi connectivity index (χ4v) is 10.5. The fourth-order valence-electron chi connectivity index (χ4n) is 10.5. The highest BCUT2D eigenvalue weighted by Crippen LogP contribution is 2.59. The Balaban J connectivity index is 1.19. The van der Waals surface area contributed by atoms with Gasteiger partial charge in [0.05, 0.1) is 16.8 Å². The molecule has 300 valence electrons. The number of hydrogen-bond acceptors (Lipinski definition) is 1. The highest BCUT2D eigenvalue weighted by atomic mass is 15.1. The molecule has 0 spiro atoms. The molecule has 12 rings (SSSR count). The highest BCUT2D eigenvalue weighted by Gasteiger charge is 2.47. The Morgan fingerprint density at radius 3 is 1.38 bits per heavy atom. The number of nitrogens with zero attached hydrogens (tertiary/aromatic N) is 1. The van der Waals surface area contributed by atoms with Crippen LogP contribution < -0.4 is 4.90 Å². The third kappa shape index (κ3) is 6.08. The maximum Gasteiger partial charge on any atom is 0.0733 e. The van der Waals surface area contributed by atoms with Gasteiger partial charge in [-0.2, -0.15) is 0 Å². The molecule has 0 heterocycles. The maximum atomic E-state index is 2.54. The van der Waals surface area contributed by atoms with Gasteiger partial charge in [0, 0.05) is 11.3 Å². The third-order valence-corrected chi connectivity index (χ3v) is 13.3. The summed E-state index contributed by atoms with van der Waals surface area (Å²) < 4.78 is 0. The van der Waals surface area contributed by atoms with Crippen molar-refractivity contribution in [1.29, 1.82) is 0 Å². The Bertz CT molecular complexity index is 3450. The molecule has 1 aliphatic rings. The van der Waals surface area contributed by atoms with Crippen molar-refractivity contribution in [3.63, 3.8) is 0 Å². The van der Waals surface area contributed by atoms with Gasteiger partial charge in [-0.15, -0.1) is 0 Å². The van der Waals surface area contributed by atoms with Crippen LogP contribution in [0.1, 0.15) is 22.3 Å². The molecule has 0 saturated heterocycles. The summed E-state index contributed by atoms with van der Waals surface area (Å²) in [6, 6.07) is 96.2. The first-order valence-corrected chi connectivity index (χ1v) is 22.2. The van der Waals surface area contributed by atoms with Crippen molar-refractivity contribution in [1.82, 2.24) is 0 Å². The quantitative estimate of drug-likeness (QED) is 0.148. The Hall–Kier alpha value is -8.26. The van der Waals surface area contributed by atoms with E-state index in [1.807, 2.05) is 0 Å². The van der Waals surface area contributed by atoms with Crippen molar-refractivity contribution in [2.24, 2.45) is 0 Å². The molecule has 11 aromatic carbocycles. The number of rotatable bonds is 8. The van der Waals surface area contributed by atoms with Crippen molar-refractivity contribution < 1.29 is 0 Å². The molecule has 0 N–H and O–H groups in total. The zero-order valence-corrected chi connectivity index (χ0v) is 35.3. The Kier molecular flexibility index (Phi) is 9.13. The monoisotopic (exact) mass is 813 g/mol. The number of hydrogen-bond donors (Lipinski definition) is 0. The average Bonchev–Trinajstić information content (AvgIpc) is 3.68. The minimum absolute atomic E-state index is 0.619. The zero-order chi connectivity index (χ0) is 42.5. The van der Waals surface area contributed by atoms with E-state index >= 15 is 0 Å². The van der Waals surface area contributed by atoms with Crippen molar-refractivity contribution >= 4 is 38.6 Å². The van der Waals surface area contributed by atoms with Crippen LogP contribution in [0, 0.1) is 0 Å². The van der Waals surface area contributed by atoms with Crippen LogP contribution in [0.4, 0.5) is 17.1 Å². The van der Waals surface area contributed by atoms with Gasteiger partial charge in [0.15, 0.2) is 0 Å². The van der Waals surface area contributed by atoms with E-state index < -0.39 is 5.41 Å². The van der Waals surface area contributed by atoms with E-state index in [1.54, 1.807) is 0 Å². The molecule has 0 fully saturated rings. The van der Waals surface area contributed by atoms with Crippen LogP contribution in [0.3, 0.4) is 0 Å². The minimum Gasteiger partial charge on any atom is -0.310 e. The standard InChI is InChI=1S/C63H43N/c1-3-18-44(19-4-1)47-38-40-53(41-39-47)64(60-32-16-15-31-59(60)63(52-24-5-2-6-25-52)57-29-13-11-26-55(57)56-27-12-14-30-58(56)63)61-33-17-28-54(50-36-34-45-20-7-9-22-48(45)42-50)62(61)51-37-35-46-21-8-10-23-49(46)43-51/h1-43H. The first-order chi connectivity index (χ1) is 31.8. The molecule has 0 amide bonds. The molecule has 0 atom stereocenters. The molecule has 0 aliphatic heterocycles. The van der Waals surface area contributed by atoms with Crippen LogP contribution in [-0.4, -0.2) is 0 Å². The van der Waals surface area contributed by atoms with Gasteiger partial charge in [-0.3, -0.25) is 0 Å². The average molecular weight is 814 g/mol. The first kappa shape index (κ1) is 37.5.